The third-order valence-electron chi connectivity index (χ3n) is 6.35. The lowest BCUT2D eigenvalue weighted by Crippen LogP contribution is -2.44. The van der Waals surface area contributed by atoms with E-state index in [9.17, 15) is 22.8 Å². The summed E-state index contributed by atoms with van der Waals surface area (Å²) in [7, 11) is 1.43. The van der Waals surface area contributed by atoms with Crippen LogP contribution in [0.25, 0.3) is 0 Å². The second kappa shape index (κ2) is 12.0. The van der Waals surface area contributed by atoms with Crippen LogP contribution in [0.4, 0.5) is 29.3 Å². The quantitative estimate of drug-likeness (QED) is 0.366. The van der Waals surface area contributed by atoms with Crippen LogP contribution in [0.15, 0.2) is 72.8 Å². The Morgan fingerprint density at radius 1 is 0.921 bits per heavy atom. The monoisotopic (exact) mass is 526 g/mol. The molecule has 4 rings (SSSR count). The van der Waals surface area contributed by atoms with Crippen molar-refractivity contribution in [2.24, 2.45) is 0 Å². The van der Waals surface area contributed by atoms with Gasteiger partial charge in [0.05, 0.1) is 18.2 Å². The van der Waals surface area contributed by atoms with Gasteiger partial charge in [0.1, 0.15) is 5.75 Å². The Bertz CT molecular complexity index is 1240. The molecule has 0 aliphatic carbocycles. The van der Waals surface area contributed by atoms with Gasteiger partial charge >= 0.3 is 12.2 Å². The minimum Gasteiger partial charge on any atom is -0.496 e. The molecule has 0 saturated carbocycles. The van der Waals surface area contributed by atoms with Crippen molar-refractivity contribution in [2.75, 3.05) is 30.8 Å². The number of halogens is 3. The lowest BCUT2D eigenvalue weighted by atomic mass is 10.0. The van der Waals surface area contributed by atoms with Crippen molar-refractivity contribution in [3.63, 3.8) is 0 Å². The first kappa shape index (κ1) is 27.0. The fourth-order valence-electron chi connectivity index (χ4n) is 4.33. The molecule has 200 valence electrons. The van der Waals surface area contributed by atoms with Gasteiger partial charge in [-0.15, -0.1) is 0 Å². The Kier molecular flexibility index (Phi) is 8.52. The summed E-state index contributed by atoms with van der Waals surface area (Å²) in [5.41, 5.74) is 1.36. The molecule has 0 bridgehead atoms. The number of anilines is 2. The van der Waals surface area contributed by atoms with E-state index in [0.717, 1.165) is 44.6 Å². The highest BCUT2D eigenvalue weighted by atomic mass is 19.4. The lowest BCUT2D eigenvalue weighted by Gasteiger charge is -2.32. The highest BCUT2D eigenvalue weighted by molar-refractivity contribution is 6.01. The molecule has 3 aromatic carbocycles. The minimum atomic E-state index is -4.45. The third kappa shape index (κ3) is 7.25. The maximum atomic E-state index is 13.0. The number of hydrogen-bond donors (Lipinski definition) is 3. The summed E-state index contributed by atoms with van der Waals surface area (Å²) in [5.74, 6) is 0.0282. The van der Waals surface area contributed by atoms with Gasteiger partial charge in [-0.25, -0.2) is 4.79 Å². The highest BCUT2D eigenvalue weighted by Gasteiger charge is 2.30. The van der Waals surface area contributed by atoms with Gasteiger partial charge in [0.2, 0.25) is 0 Å². The van der Waals surface area contributed by atoms with Crippen molar-refractivity contribution in [3.05, 3.63) is 89.5 Å². The average molecular weight is 527 g/mol. The maximum Gasteiger partial charge on any atom is 0.416 e. The first-order valence-electron chi connectivity index (χ1n) is 12.2. The molecule has 1 aliphatic rings. The Morgan fingerprint density at radius 3 is 2.18 bits per heavy atom. The van der Waals surface area contributed by atoms with Gasteiger partial charge in [-0.2, -0.15) is 13.2 Å². The molecule has 0 spiro atoms. The number of alkyl halides is 3. The van der Waals surface area contributed by atoms with Gasteiger partial charge in [-0.05, 0) is 54.8 Å². The van der Waals surface area contributed by atoms with Gasteiger partial charge in [0.25, 0.3) is 5.91 Å². The number of benzene rings is 3. The van der Waals surface area contributed by atoms with E-state index in [4.69, 9.17) is 4.74 Å². The zero-order chi connectivity index (χ0) is 27.1. The number of likely N-dealkylation sites (tertiary alicyclic amines) is 1. The summed E-state index contributed by atoms with van der Waals surface area (Å²) in [4.78, 5) is 27.6. The molecule has 1 saturated heterocycles. The van der Waals surface area contributed by atoms with E-state index in [1.54, 1.807) is 12.1 Å². The Hall–Kier alpha value is -4.05. The summed E-state index contributed by atoms with van der Waals surface area (Å²) >= 11 is 0. The van der Waals surface area contributed by atoms with Crippen LogP contribution in [0.3, 0.4) is 0 Å². The molecule has 3 N–H and O–H groups in total. The van der Waals surface area contributed by atoms with E-state index in [2.05, 4.69) is 33.0 Å². The van der Waals surface area contributed by atoms with E-state index in [0.29, 0.717) is 11.3 Å². The number of hydrogen-bond acceptors (Lipinski definition) is 4. The molecule has 3 aromatic rings. The van der Waals surface area contributed by atoms with E-state index < -0.39 is 17.8 Å². The molecule has 1 aliphatic heterocycles. The predicted molar refractivity (Wildman–Crippen MR) is 139 cm³/mol. The van der Waals surface area contributed by atoms with Crippen molar-refractivity contribution >= 4 is 23.3 Å². The molecule has 0 radical (unpaired) electrons. The summed E-state index contributed by atoms with van der Waals surface area (Å²) in [6.45, 7) is 2.65. The molecule has 0 atom stereocenters. The molecule has 1 fully saturated rings. The molecule has 38 heavy (non-hydrogen) atoms. The Labute approximate surface area is 219 Å². The van der Waals surface area contributed by atoms with Gasteiger partial charge in [0.15, 0.2) is 0 Å². The van der Waals surface area contributed by atoms with Gasteiger partial charge in [-0.1, -0.05) is 30.3 Å². The van der Waals surface area contributed by atoms with Crippen molar-refractivity contribution in [3.8, 4) is 5.75 Å². The number of ether oxygens (including phenoxy) is 1. The molecule has 10 heteroatoms. The third-order valence-corrected chi connectivity index (χ3v) is 6.35. The number of piperidine rings is 1. The van der Waals surface area contributed by atoms with Crippen LogP contribution in [-0.4, -0.2) is 43.1 Å². The number of methoxy groups -OCH3 is 1. The summed E-state index contributed by atoms with van der Waals surface area (Å²) in [6, 6.07) is 18.4. The van der Waals surface area contributed by atoms with Gasteiger partial charge < -0.3 is 20.7 Å². The molecular weight excluding hydrogens is 497 g/mol. The lowest BCUT2D eigenvalue weighted by molar-refractivity contribution is -0.137. The standard InChI is InChI=1S/C28H29F3N4O3/c1-38-25-17-23(34-27(37)33-21-9-7-20(8-10-21)28(29,30)31)11-12-24(25)26(36)32-22-13-15-35(16-14-22)18-19-5-3-2-4-6-19/h2-12,17,22H,13-16,18H2,1H3,(H,32,36)(H2,33,34,37). The number of rotatable bonds is 7. The van der Waals surface area contributed by atoms with E-state index in [-0.39, 0.29) is 23.4 Å². The predicted octanol–water partition coefficient (Wildman–Crippen LogP) is 5.75. The van der Waals surface area contributed by atoms with Crippen LogP contribution in [0.5, 0.6) is 5.75 Å². The van der Waals surface area contributed by atoms with Crippen molar-refractivity contribution < 1.29 is 27.5 Å². The fourth-order valence-corrected chi connectivity index (χ4v) is 4.33. The molecule has 0 aromatic heterocycles. The molecule has 0 unspecified atom stereocenters. The van der Waals surface area contributed by atoms with Crippen molar-refractivity contribution in [1.29, 1.82) is 0 Å². The molecular formula is C28H29F3N4O3. The minimum absolute atomic E-state index is 0.0477. The van der Waals surface area contributed by atoms with E-state index in [1.807, 2.05) is 18.2 Å². The first-order valence-corrected chi connectivity index (χ1v) is 12.2. The number of carbonyl (C=O) groups excluding carboxylic acids is 2. The largest absolute Gasteiger partial charge is 0.496 e. The fraction of sp³-hybridized carbons (Fsp3) is 0.286. The summed E-state index contributed by atoms with van der Waals surface area (Å²) in [5, 5.41) is 8.15. The summed E-state index contributed by atoms with van der Waals surface area (Å²) in [6.07, 6.45) is -2.78. The highest BCUT2D eigenvalue weighted by Crippen LogP contribution is 2.30. The van der Waals surface area contributed by atoms with E-state index >= 15 is 0 Å². The van der Waals surface area contributed by atoms with Crippen LogP contribution < -0.4 is 20.7 Å². The topological polar surface area (TPSA) is 82.7 Å². The Balaban J connectivity index is 1.29. The normalized spacial score (nSPS) is 14.5. The number of carbonyl (C=O) groups is 2. The SMILES string of the molecule is COc1cc(NC(=O)Nc2ccc(C(F)(F)F)cc2)ccc1C(=O)NC1CCN(Cc2ccccc2)CC1. The number of urea groups is 1. The van der Waals surface area contributed by atoms with Gasteiger partial charge in [0, 0.05) is 43.1 Å². The van der Waals surface area contributed by atoms with Gasteiger partial charge in [-0.3, -0.25) is 9.69 Å². The zero-order valence-electron chi connectivity index (χ0n) is 20.8. The maximum absolute atomic E-state index is 13.0. The smallest absolute Gasteiger partial charge is 0.416 e. The number of amides is 3. The van der Waals surface area contributed by atoms with Crippen LogP contribution in [0.1, 0.15) is 34.3 Å². The van der Waals surface area contributed by atoms with Crippen molar-refractivity contribution in [2.45, 2.75) is 31.6 Å². The Morgan fingerprint density at radius 2 is 1.55 bits per heavy atom. The van der Waals surface area contributed by atoms with Crippen molar-refractivity contribution in [1.82, 2.24) is 10.2 Å². The molecule has 7 nitrogen and oxygen atoms in total. The number of nitrogens with zero attached hydrogens (tertiary/aromatic N) is 1. The zero-order valence-corrected chi connectivity index (χ0v) is 20.8. The molecule has 3 amide bonds. The van der Waals surface area contributed by atoms with Crippen LogP contribution in [-0.2, 0) is 12.7 Å². The number of nitrogens with one attached hydrogen (secondary N) is 3. The molecule has 1 heterocycles. The van der Waals surface area contributed by atoms with E-state index in [1.165, 1.54) is 30.9 Å². The second-order valence-corrected chi connectivity index (χ2v) is 9.08. The summed E-state index contributed by atoms with van der Waals surface area (Å²) < 4.78 is 43.5. The van der Waals surface area contributed by atoms with Crippen LogP contribution in [0.2, 0.25) is 0 Å². The first-order chi connectivity index (χ1) is 18.2. The average Bonchev–Trinajstić information content (AvgIpc) is 2.90. The second-order valence-electron chi connectivity index (χ2n) is 9.08. The van der Waals surface area contributed by atoms with Crippen LogP contribution in [0, 0.1) is 0 Å². The van der Waals surface area contributed by atoms with Crippen LogP contribution >= 0.6 is 0 Å².